The first kappa shape index (κ1) is 12.7. The van der Waals surface area contributed by atoms with Crippen LogP contribution in [0.25, 0.3) is 4.96 Å². The van der Waals surface area contributed by atoms with Gasteiger partial charge in [-0.2, -0.15) is 9.61 Å². The second-order valence-corrected chi connectivity index (χ2v) is 5.92. The van der Waals surface area contributed by atoms with Gasteiger partial charge in [-0.3, -0.25) is 9.69 Å². The third-order valence-electron chi connectivity index (χ3n) is 3.46. The summed E-state index contributed by atoms with van der Waals surface area (Å²) in [6.45, 7) is 3.64. The first-order valence-electron chi connectivity index (χ1n) is 6.38. The molecule has 0 radical (unpaired) electrons. The fraction of sp³-hybridized carbons (Fsp3) is 0.583. The Bertz CT molecular complexity index is 651. The summed E-state index contributed by atoms with van der Waals surface area (Å²) in [4.78, 5) is 19.0. The van der Waals surface area contributed by atoms with E-state index in [0.29, 0.717) is 11.5 Å². The fourth-order valence-electron chi connectivity index (χ4n) is 2.51. The molecule has 102 valence electrons. The molecule has 1 N–H and O–H groups in total. The molecule has 0 saturated carbocycles. The Morgan fingerprint density at radius 2 is 2.42 bits per heavy atom. The summed E-state index contributed by atoms with van der Waals surface area (Å²) in [5.41, 5.74) is 0.583. The highest BCUT2D eigenvalue weighted by molar-refractivity contribution is 7.16. The van der Waals surface area contributed by atoms with Crippen LogP contribution in [0.2, 0.25) is 0 Å². The predicted molar refractivity (Wildman–Crippen MR) is 72.4 cm³/mol. The molecular formula is C12H16N4O2S. The number of aliphatic hydroxyl groups is 1. The zero-order chi connectivity index (χ0) is 13.4. The summed E-state index contributed by atoms with van der Waals surface area (Å²) >= 11 is 1.44. The lowest BCUT2D eigenvalue weighted by Gasteiger charge is -2.20. The fourth-order valence-corrected chi connectivity index (χ4v) is 3.48. The minimum absolute atomic E-state index is 0.134. The van der Waals surface area contributed by atoms with Crippen molar-refractivity contribution in [3.05, 3.63) is 27.1 Å². The molecule has 0 amide bonds. The maximum absolute atomic E-state index is 11.8. The molecule has 0 aromatic carbocycles. The van der Waals surface area contributed by atoms with Crippen LogP contribution in [-0.2, 0) is 6.54 Å². The number of aliphatic hydroxyl groups excluding tert-OH is 1. The predicted octanol–water partition coefficient (Wildman–Crippen LogP) is 0.416. The summed E-state index contributed by atoms with van der Waals surface area (Å²) < 4.78 is 1.36. The van der Waals surface area contributed by atoms with Crippen LogP contribution in [0.5, 0.6) is 0 Å². The standard InChI is InChI=1S/C12H16N4O2S/c1-8-5-11(18)16-12(13-8)19-10(14-16)6-15-4-2-3-9(15)7-17/h5,9,17H,2-4,6-7H2,1H3/t9-/m1/s1. The number of likely N-dealkylation sites (tertiary alicyclic amines) is 1. The molecule has 1 atom stereocenters. The van der Waals surface area contributed by atoms with E-state index in [1.165, 1.54) is 21.9 Å². The van der Waals surface area contributed by atoms with E-state index in [-0.39, 0.29) is 18.2 Å². The van der Waals surface area contributed by atoms with Crippen LogP contribution in [0.3, 0.4) is 0 Å². The normalized spacial score (nSPS) is 20.4. The lowest BCUT2D eigenvalue weighted by atomic mass is 10.2. The maximum atomic E-state index is 11.8. The molecule has 1 saturated heterocycles. The summed E-state index contributed by atoms with van der Waals surface area (Å²) in [5.74, 6) is 0. The van der Waals surface area contributed by atoms with E-state index >= 15 is 0 Å². The molecule has 0 aliphatic carbocycles. The third-order valence-corrected chi connectivity index (χ3v) is 4.36. The molecule has 0 unspecified atom stereocenters. The minimum atomic E-state index is -0.134. The molecule has 3 heterocycles. The molecule has 6 nitrogen and oxygen atoms in total. The molecule has 1 fully saturated rings. The number of aryl methyl sites for hydroxylation is 1. The monoisotopic (exact) mass is 280 g/mol. The molecular weight excluding hydrogens is 264 g/mol. The highest BCUT2D eigenvalue weighted by atomic mass is 32.1. The molecule has 2 aromatic heterocycles. The van der Waals surface area contributed by atoms with E-state index in [0.717, 1.165) is 30.1 Å². The van der Waals surface area contributed by atoms with Gasteiger partial charge in [-0.15, -0.1) is 0 Å². The minimum Gasteiger partial charge on any atom is -0.395 e. The van der Waals surface area contributed by atoms with Crippen LogP contribution in [0.15, 0.2) is 10.9 Å². The van der Waals surface area contributed by atoms with Gasteiger partial charge in [0.1, 0.15) is 5.01 Å². The lowest BCUT2D eigenvalue weighted by molar-refractivity contribution is 0.153. The Morgan fingerprint density at radius 1 is 1.58 bits per heavy atom. The molecule has 3 rings (SSSR count). The maximum Gasteiger partial charge on any atom is 0.275 e. The number of hydrogen-bond donors (Lipinski definition) is 1. The second kappa shape index (κ2) is 4.99. The van der Waals surface area contributed by atoms with E-state index in [1.807, 2.05) is 6.92 Å². The zero-order valence-electron chi connectivity index (χ0n) is 10.7. The number of hydrogen-bond acceptors (Lipinski definition) is 6. The van der Waals surface area contributed by atoms with E-state index in [2.05, 4.69) is 15.0 Å². The van der Waals surface area contributed by atoms with Crippen molar-refractivity contribution < 1.29 is 5.11 Å². The number of nitrogens with zero attached hydrogens (tertiary/aromatic N) is 4. The van der Waals surface area contributed by atoms with Crippen molar-refractivity contribution in [1.82, 2.24) is 19.5 Å². The van der Waals surface area contributed by atoms with Crippen LogP contribution in [0.1, 0.15) is 23.5 Å². The van der Waals surface area contributed by atoms with Gasteiger partial charge in [-0.1, -0.05) is 11.3 Å². The number of aromatic nitrogens is 3. The Kier molecular flexibility index (Phi) is 3.34. The van der Waals surface area contributed by atoms with Crippen molar-refractivity contribution >= 4 is 16.3 Å². The first-order chi connectivity index (χ1) is 9.17. The van der Waals surface area contributed by atoms with Gasteiger partial charge in [0.15, 0.2) is 0 Å². The van der Waals surface area contributed by atoms with Gasteiger partial charge < -0.3 is 5.11 Å². The van der Waals surface area contributed by atoms with Crippen LogP contribution in [0.4, 0.5) is 0 Å². The molecule has 2 aromatic rings. The van der Waals surface area contributed by atoms with Gasteiger partial charge in [0.2, 0.25) is 4.96 Å². The molecule has 0 spiro atoms. The molecule has 1 aliphatic rings. The van der Waals surface area contributed by atoms with E-state index in [1.54, 1.807) is 0 Å². The van der Waals surface area contributed by atoms with Crippen molar-refractivity contribution in [2.75, 3.05) is 13.2 Å². The van der Waals surface area contributed by atoms with Gasteiger partial charge in [0, 0.05) is 17.8 Å². The molecule has 1 aliphatic heterocycles. The summed E-state index contributed by atoms with van der Waals surface area (Å²) in [6.07, 6.45) is 2.13. The average molecular weight is 280 g/mol. The van der Waals surface area contributed by atoms with Gasteiger partial charge in [-0.25, -0.2) is 4.98 Å². The largest absolute Gasteiger partial charge is 0.395 e. The van der Waals surface area contributed by atoms with Gasteiger partial charge >= 0.3 is 0 Å². The smallest absolute Gasteiger partial charge is 0.275 e. The number of fused-ring (bicyclic) bond motifs is 1. The topological polar surface area (TPSA) is 70.7 Å². The van der Waals surface area contributed by atoms with E-state index in [9.17, 15) is 9.90 Å². The van der Waals surface area contributed by atoms with E-state index in [4.69, 9.17) is 0 Å². The molecule has 7 heteroatoms. The Balaban J connectivity index is 1.89. The first-order valence-corrected chi connectivity index (χ1v) is 7.20. The third kappa shape index (κ3) is 2.41. The van der Waals surface area contributed by atoms with Crippen molar-refractivity contribution in [2.24, 2.45) is 0 Å². The lowest BCUT2D eigenvalue weighted by Crippen LogP contribution is -2.31. The highest BCUT2D eigenvalue weighted by Gasteiger charge is 2.24. The summed E-state index contributed by atoms with van der Waals surface area (Å²) in [6, 6.07) is 1.71. The van der Waals surface area contributed by atoms with Crippen molar-refractivity contribution in [2.45, 2.75) is 32.4 Å². The van der Waals surface area contributed by atoms with Crippen LogP contribution >= 0.6 is 11.3 Å². The van der Waals surface area contributed by atoms with Crippen LogP contribution in [0, 0.1) is 6.92 Å². The number of rotatable bonds is 3. The molecule has 19 heavy (non-hydrogen) atoms. The SMILES string of the molecule is Cc1cc(=O)n2nc(CN3CCC[C@@H]3CO)sc2n1. The quantitative estimate of drug-likeness (QED) is 0.882. The average Bonchev–Trinajstić information content (AvgIpc) is 2.95. The Morgan fingerprint density at radius 3 is 3.21 bits per heavy atom. The van der Waals surface area contributed by atoms with Gasteiger partial charge in [-0.05, 0) is 26.3 Å². The second-order valence-electron chi connectivity index (χ2n) is 4.88. The van der Waals surface area contributed by atoms with Crippen molar-refractivity contribution in [3.8, 4) is 0 Å². The summed E-state index contributed by atoms with van der Waals surface area (Å²) in [5, 5.41) is 14.5. The highest BCUT2D eigenvalue weighted by Crippen LogP contribution is 2.21. The van der Waals surface area contributed by atoms with Gasteiger partial charge in [0.05, 0.1) is 13.2 Å². The molecule has 0 bridgehead atoms. The van der Waals surface area contributed by atoms with Gasteiger partial charge in [0.25, 0.3) is 5.56 Å². The summed E-state index contributed by atoms with van der Waals surface area (Å²) in [7, 11) is 0. The van der Waals surface area contributed by atoms with Crippen molar-refractivity contribution in [3.63, 3.8) is 0 Å². The van der Waals surface area contributed by atoms with Crippen LogP contribution < -0.4 is 5.56 Å². The van der Waals surface area contributed by atoms with Crippen LogP contribution in [-0.4, -0.2) is 43.8 Å². The zero-order valence-corrected chi connectivity index (χ0v) is 11.6. The van der Waals surface area contributed by atoms with E-state index < -0.39 is 0 Å². The Labute approximate surface area is 114 Å². The van der Waals surface area contributed by atoms with Crippen molar-refractivity contribution in [1.29, 1.82) is 0 Å². The Hall–Kier alpha value is -1.31.